The van der Waals surface area contributed by atoms with Crippen molar-refractivity contribution in [2.75, 3.05) is 13.1 Å². The Balaban J connectivity index is 1.68. The van der Waals surface area contributed by atoms with E-state index >= 15 is 0 Å². The summed E-state index contributed by atoms with van der Waals surface area (Å²) in [6, 6.07) is 0. The number of hydrogen-bond donors (Lipinski definition) is 1. The van der Waals surface area contributed by atoms with E-state index in [1.165, 1.54) is 25.7 Å². The molecule has 6 heteroatoms. The van der Waals surface area contributed by atoms with E-state index in [0.717, 1.165) is 44.6 Å². The molecule has 3 rings (SSSR count). The lowest BCUT2D eigenvalue weighted by Gasteiger charge is -2.34. The third-order valence-corrected chi connectivity index (χ3v) is 5.58. The monoisotopic (exact) mass is 322 g/mol. The number of aromatic amines is 1. The van der Waals surface area contributed by atoms with Gasteiger partial charge in [-0.25, -0.2) is 0 Å². The molecule has 1 amide bonds. The van der Waals surface area contributed by atoms with Crippen LogP contribution in [-0.4, -0.2) is 38.7 Å². The van der Waals surface area contributed by atoms with Crippen molar-refractivity contribution in [2.24, 2.45) is 13.0 Å². The van der Waals surface area contributed by atoms with Gasteiger partial charge in [0, 0.05) is 32.0 Å². The highest BCUT2D eigenvalue weighted by Crippen LogP contribution is 2.29. The molecule has 2 fully saturated rings. The van der Waals surface area contributed by atoms with Crippen LogP contribution in [0.5, 0.6) is 0 Å². The molecule has 5 nitrogen and oxygen atoms in total. The second-order valence-electron chi connectivity index (χ2n) is 6.76. The van der Waals surface area contributed by atoms with Crippen LogP contribution >= 0.6 is 12.2 Å². The molecule has 0 bridgehead atoms. The van der Waals surface area contributed by atoms with Crippen LogP contribution < -0.4 is 0 Å². The van der Waals surface area contributed by atoms with Crippen molar-refractivity contribution in [3.63, 3.8) is 0 Å². The molecule has 1 atom stereocenters. The van der Waals surface area contributed by atoms with Gasteiger partial charge in [0.1, 0.15) is 5.82 Å². The summed E-state index contributed by atoms with van der Waals surface area (Å²) < 4.78 is 2.60. The number of H-pyrrole nitrogens is 1. The number of rotatable bonds is 2. The zero-order chi connectivity index (χ0) is 15.5. The lowest BCUT2D eigenvalue weighted by molar-refractivity contribution is -0.137. The van der Waals surface area contributed by atoms with Crippen LogP contribution in [0.4, 0.5) is 0 Å². The molecule has 0 aromatic carbocycles. The van der Waals surface area contributed by atoms with Gasteiger partial charge < -0.3 is 9.47 Å². The van der Waals surface area contributed by atoms with Gasteiger partial charge in [0.15, 0.2) is 4.77 Å². The summed E-state index contributed by atoms with van der Waals surface area (Å²) in [6.45, 7) is 1.70. The van der Waals surface area contributed by atoms with Gasteiger partial charge in [-0.15, -0.1) is 0 Å². The minimum atomic E-state index is 0.253. The highest BCUT2D eigenvalue weighted by molar-refractivity contribution is 7.71. The average molecular weight is 322 g/mol. The number of nitrogens with one attached hydrogen (secondary N) is 1. The number of likely N-dealkylation sites (tertiary alicyclic amines) is 1. The van der Waals surface area contributed by atoms with Crippen LogP contribution in [-0.2, 0) is 11.8 Å². The predicted molar refractivity (Wildman–Crippen MR) is 88.1 cm³/mol. The van der Waals surface area contributed by atoms with Crippen LogP contribution in [0.25, 0.3) is 0 Å². The number of amides is 1. The maximum Gasteiger partial charge on any atom is 0.225 e. The Kier molecular flexibility index (Phi) is 4.96. The summed E-state index contributed by atoms with van der Waals surface area (Å²) in [5.41, 5.74) is 0. The molecule has 2 aliphatic rings. The van der Waals surface area contributed by atoms with Crippen LogP contribution in [0, 0.1) is 10.7 Å². The number of hydrogen-bond acceptors (Lipinski definition) is 3. The molecule has 0 radical (unpaired) electrons. The average Bonchev–Trinajstić information content (AvgIpc) is 2.75. The summed E-state index contributed by atoms with van der Waals surface area (Å²) in [6.07, 6.45) is 9.29. The Morgan fingerprint density at radius 3 is 2.55 bits per heavy atom. The molecule has 1 N–H and O–H groups in total. The van der Waals surface area contributed by atoms with Gasteiger partial charge in [-0.05, 0) is 37.9 Å². The van der Waals surface area contributed by atoms with Crippen LogP contribution in [0.3, 0.4) is 0 Å². The zero-order valence-electron chi connectivity index (χ0n) is 13.4. The Hall–Kier alpha value is -1.17. The maximum absolute atomic E-state index is 12.8. The number of nitrogens with zero attached hydrogens (tertiary/aromatic N) is 3. The molecule has 122 valence electrons. The van der Waals surface area contributed by atoms with Crippen molar-refractivity contribution >= 4 is 18.1 Å². The fourth-order valence-electron chi connectivity index (χ4n) is 3.90. The van der Waals surface area contributed by atoms with E-state index < -0.39 is 0 Å². The first-order valence-electron chi connectivity index (χ1n) is 8.57. The Morgan fingerprint density at radius 2 is 1.91 bits per heavy atom. The molecular weight excluding hydrogens is 296 g/mol. The highest BCUT2D eigenvalue weighted by Gasteiger charge is 2.31. The molecular formula is C16H26N4OS. The number of carbonyl (C=O) groups excluding carboxylic acids is 1. The normalized spacial score (nSPS) is 24.2. The van der Waals surface area contributed by atoms with Crippen molar-refractivity contribution < 1.29 is 4.79 Å². The minimum absolute atomic E-state index is 0.253. The van der Waals surface area contributed by atoms with Gasteiger partial charge in [0.25, 0.3) is 0 Å². The summed E-state index contributed by atoms with van der Waals surface area (Å²) in [5, 5.41) is 7.23. The van der Waals surface area contributed by atoms with E-state index in [4.69, 9.17) is 12.2 Å². The van der Waals surface area contributed by atoms with Gasteiger partial charge in [-0.3, -0.25) is 9.89 Å². The number of carbonyl (C=O) groups is 1. The topological polar surface area (TPSA) is 53.9 Å². The molecule has 1 aliphatic heterocycles. The lowest BCUT2D eigenvalue weighted by atomic mass is 9.93. The van der Waals surface area contributed by atoms with E-state index in [2.05, 4.69) is 15.1 Å². The third-order valence-electron chi connectivity index (χ3n) is 5.22. The first-order chi connectivity index (χ1) is 10.7. The highest BCUT2D eigenvalue weighted by atomic mass is 32.1. The van der Waals surface area contributed by atoms with Crippen molar-refractivity contribution in [2.45, 2.75) is 57.3 Å². The van der Waals surface area contributed by atoms with E-state index in [1.54, 1.807) is 0 Å². The predicted octanol–water partition coefficient (Wildman–Crippen LogP) is 3.15. The standard InChI is InChI=1S/C16H26N4OS/c1-19-14(17-18-16(19)22)13-9-6-10-20(11-13)15(21)12-7-4-2-3-5-8-12/h12-13H,2-11H2,1H3,(H,18,22)/t13-/m0/s1. The second kappa shape index (κ2) is 6.94. The Morgan fingerprint density at radius 1 is 1.18 bits per heavy atom. The summed E-state index contributed by atoms with van der Waals surface area (Å²) >= 11 is 5.21. The second-order valence-corrected chi connectivity index (χ2v) is 7.14. The third kappa shape index (κ3) is 3.26. The van der Waals surface area contributed by atoms with E-state index in [-0.39, 0.29) is 5.92 Å². The van der Waals surface area contributed by atoms with Crippen molar-refractivity contribution in [3.05, 3.63) is 10.6 Å². The lowest BCUT2D eigenvalue weighted by Crippen LogP contribution is -2.42. The largest absolute Gasteiger partial charge is 0.342 e. The summed E-state index contributed by atoms with van der Waals surface area (Å²) in [4.78, 5) is 14.9. The van der Waals surface area contributed by atoms with Crippen LogP contribution in [0.2, 0.25) is 0 Å². The molecule has 1 saturated heterocycles. The molecule has 22 heavy (non-hydrogen) atoms. The summed E-state index contributed by atoms with van der Waals surface area (Å²) in [7, 11) is 1.95. The van der Waals surface area contributed by atoms with Gasteiger partial charge in [0.2, 0.25) is 5.91 Å². The van der Waals surface area contributed by atoms with Crippen LogP contribution in [0.1, 0.15) is 63.1 Å². The molecule has 1 aliphatic carbocycles. The Bertz CT molecular complexity index is 571. The fraction of sp³-hybridized carbons (Fsp3) is 0.812. The van der Waals surface area contributed by atoms with Crippen molar-refractivity contribution in [1.29, 1.82) is 0 Å². The van der Waals surface area contributed by atoms with Crippen LogP contribution in [0.15, 0.2) is 0 Å². The molecule has 1 saturated carbocycles. The van der Waals surface area contributed by atoms with Crippen molar-refractivity contribution in [1.82, 2.24) is 19.7 Å². The van der Waals surface area contributed by atoms with Crippen molar-refractivity contribution in [3.8, 4) is 0 Å². The Labute approximate surface area is 137 Å². The molecule has 1 aromatic heterocycles. The smallest absolute Gasteiger partial charge is 0.225 e. The molecule has 1 aromatic rings. The van der Waals surface area contributed by atoms with E-state index in [9.17, 15) is 4.79 Å². The first kappa shape index (κ1) is 15.7. The summed E-state index contributed by atoms with van der Waals surface area (Å²) in [5.74, 6) is 1.93. The van der Waals surface area contributed by atoms with Gasteiger partial charge >= 0.3 is 0 Å². The minimum Gasteiger partial charge on any atom is -0.342 e. The molecule has 2 heterocycles. The van der Waals surface area contributed by atoms with Gasteiger partial charge in [0.05, 0.1) is 0 Å². The first-order valence-corrected chi connectivity index (χ1v) is 8.97. The number of piperidine rings is 1. The SMILES string of the molecule is Cn1c([C@H]2CCCN(C(=O)C3CCCCCC3)C2)n[nH]c1=S. The number of aromatic nitrogens is 3. The van der Waals surface area contributed by atoms with Gasteiger partial charge in [-0.2, -0.15) is 5.10 Å². The quantitative estimate of drug-likeness (QED) is 0.672. The van der Waals surface area contributed by atoms with E-state index in [1.807, 2.05) is 11.6 Å². The maximum atomic E-state index is 12.8. The molecule has 0 spiro atoms. The fourth-order valence-corrected chi connectivity index (χ4v) is 4.04. The van der Waals surface area contributed by atoms with E-state index in [0.29, 0.717) is 16.6 Å². The van der Waals surface area contributed by atoms with Gasteiger partial charge in [-0.1, -0.05) is 25.7 Å². The zero-order valence-corrected chi connectivity index (χ0v) is 14.2. The molecule has 0 unspecified atom stereocenters.